The lowest BCUT2D eigenvalue weighted by molar-refractivity contribution is 0.242. The fourth-order valence-electron chi connectivity index (χ4n) is 1.77. The van der Waals surface area contributed by atoms with Crippen LogP contribution in [0.15, 0.2) is 44.1 Å². The molecule has 0 amide bonds. The van der Waals surface area contributed by atoms with E-state index in [-0.39, 0.29) is 12.2 Å². The third kappa shape index (κ3) is 2.54. The van der Waals surface area contributed by atoms with E-state index in [2.05, 4.69) is 10.1 Å². The Morgan fingerprint density at radius 2 is 2.10 bits per heavy atom. The van der Waals surface area contributed by atoms with Gasteiger partial charge in [-0.05, 0) is 18.2 Å². The van der Waals surface area contributed by atoms with Gasteiger partial charge in [-0.15, -0.1) is 0 Å². The van der Waals surface area contributed by atoms with Crippen molar-refractivity contribution in [2.75, 3.05) is 0 Å². The minimum atomic E-state index is -0.390. The van der Waals surface area contributed by atoms with E-state index in [1.165, 1.54) is 6.07 Å². The van der Waals surface area contributed by atoms with Crippen molar-refractivity contribution in [1.82, 2.24) is 10.1 Å². The topological polar surface area (TPSA) is 78.4 Å². The lowest BCUT2D eigenvalue weighted by atomic mass is 10.2. The van der Waals surface area contributed by atoms with E-state index in [0.717, 1.165) is 5.39 Å². The Morgan fingerprint density at radius 1 is 1.25 bits per heavy atom. The lowest BCUT2D eigenvalue weighted by Gasteiger charge is -2.03. The molecule has 0 bridgehead atoms. The molecule has 0 radical (unpaired) electrons. The molecular formula is C14H12N2O4. The Hall–Kier alpha value is -2.63. The quantitative estimate of drug-likeness (QED) is 0.678. The minimum absolute atomic E-state index is 0.176. The fourth-order valence-corrected chi connectivity index (χ4v) is 1.77. The van der Waals surface area contributed by atoms with Crippen LogP contribution in [0.2, 0.25) is 0 Å². The number of aryl methyl sites for hydroxylation is 1. The van der Waals surface area contributed by atoms with Gasteiger partial charge in [-0.1, -0.05) is 12.1 Å². The van der Waals surface area contributed by atoms with Gasteiger partial charge in [0.15, 0.2) is 12.4 Å². The molecule has 0 aliphatic heterocycles. The molecule has 0 spiro atoms. The van der Waals surface area contributed by atoms with E-state index in [1.807, 2.05) is 13.0 Å². The zero-order valence-electron chi connectivity index (χ0n) is 10.8. The number of hydrogen-bond acceptors (Lipinski definition) is 6. The molecule has 2 aromatic heterocycles. The van der Waals surface area contributed by atoms with Crippen LogP contribution >= 0.6 is 0 Å². The fraction of sp³-hybridized carbons (Fsp3) is 0.214. The van der Waals surface area contributed by atoms with E-state index in [4.69, 9.17) is 13.7 Å². The summed E-state index contributed by atoms with van der Waals surface area (Å²) in [6, 6.07) is 8.36. The zero-order chi connectivity index (χ0) is 13.9. The molecule has 3 aromatic rings. The van der Waals surface area contributed by atoms with Gasteiger partial charge >= 0.3 is 5.63 Å². The van der Waals surface area contributed by atoms with Crippen molar-refractivity contribution >= 4 is 11.0 Å². The van der Waals surface area contributed by atoms with Crippen molar-refractivity contribution in [3.8, 4) is 5.75 Å². The molecule has 1 aromatic carbocycles. The molecule has 0 aliphatic rings. The highest BCUT2D eigenvalue weighted by Crippen LogP contribution is 2.20. The van der Waals surface area contributed by atoms with E-state index < -0.39 is 0 Å². The first-order valence-corrected chi connectivity index (χ1v) is 6.23. The summed E-state index contributed by atoms with van der Waals surface area (Å²) in [5.41, 5.74) is 0.0916. The second-order valence-electron chi connectivity index (χ2n) is 4.20. The summed E-state index contributed by atoms with van der Waals surface area (Å²) < 4.78 is 15.7. The Bertz CT molecular complexity index is 791. The average Bonchev–Trinajstić information content (AvgIpc) is 2.92. The summed E-state index contributed by atoms with van der Waals surface area (Å²) in [5, 5.41) is 4.62. The van der Waals surface area contributed by atoms with Gasteiger partial charge in [0.05, 0.1) is 0 Å². The minimum Gasteiger partial charge on any atom is -0.484 e. The van der Waals surface area contributed by atoms with Crippen LogP contribution in [0.5, 0.6) is 5.75 Å². The summed E-state index contributed by atoms with van der Waals surface area (Å²) in [6.45, 7) is 2.12. The van der Waals surface area contributed by atoms with Crippen LogP contribution in [0.1, 0.15) is 18.6 Å². The molecule has 102 valence electrons. The van der Waals surface area contributed by atoms with Gasteiger partial charge in [-0.2, -0.15) is 4.98 Å². The molecule has 0 atom stereocenters. The summed E-state index contributed by atoms with van der Waals surface area (Å²) in [6.07, 6.45) is 0.713. The Kier molecular flexibility index (Phi) is 3.20. The average molecular weight is 272 g/mol. The second kappa shape index (κ2) is 5.16. The number of hydrogen-bond donors (Lipinski definition) is 0. The highest BCUT2D eigenvalue weighted by molar-refractivity contribution is 5.77. The maximum Gasteiger partial charge on any atom is 0.336 e. The third-order valence-electron chi connectivity index (χ3n) is 2.78. The van der Waals surface area contributed by atoms with Crippen molar-refractivity contribution in [2.24, 2.45) is 0 Å². The molecule has 0 unspecified atom stereocenters. The molecule has 0 N–H and O–H groups in total. The predicted octanol–water partition coefficient (Wildman–Crippen LogP) is 2.32. The van der Waals surface area contributed by atoms with E-state index >= 15 is 0 Å². The number of benzene rings is 1. The van der Waals surface area contributed by atoms with Crippen molar-refractivity contribution in [3.63, 3.8) is 0 Å². The number of nitrogens with zero attached hydrogens (tertiary/aromatic N) is 2. The van der Waals surface area contributed by atoms with Crippen LogP contribution < -0.4 is 10.4 Å². The number of ether oxygens (including phenoxy) is 1. The summed E-state index contributed by atoms with van der Waals surface area (Å²) in [5.74, 6) is 1.63. The van der Waals surface area contributed by atoms with Gasteiger partial charge in [0.25, 0.3) is 5.89 Å². The molecule has 6 heteroatoms. The van der Waals surface area contributed by atoms with Gasteiger partial charge in [-0.25, -0.2) is 4.79 Å². The van der Waals surface area contributed by atoms with E-state index in [1.54, 1.807) is 18.2 Å². The van der Waals surface area contributed by atoms with Crippen LogP contribution in [0.3, 0.4) is 0 Å². The van der Waals surface area contributed by atoms with Crippen molar-refractivity contribution in [2.45, 2.75) is 20.0 Å². The van der Waals surface area contributed by atoms with Crippen LogP contribution in [0.25, 0.3) is 11.0 Å². The van der Waals surface area contributed by atoms with Gasteiger partial charge < -0.3 is 13.7 Å². The van der Waals surface area contributed by atoms with Crippen molar-refractivity contribution < 1.29 is 13.7 Å². The first-order valence-electron chi connectivity index (χ1n) is 6.23. The predicted molar refractivity (Wildman–Crippen MR) is 70.5 cm³/mol. The Morgan fingerprint density at radius 3 is 2.90 bits per heavy atom. The molecule has 2 heterocycles. The van der Waals surface area contributed by atoms with Crippen LogP contribution in [0.4, 0.5) is 0 Å². The second-order valence-corrected chi connectivity index (χ2v) is 4.20. The number of rotatable bonds is 4. The standard InChI is InChI=1S/C14H12N2O4/c1-2-12-15-13(20-16-12)8-18-10-5-3-9-4-6-14(17)19-11(9)7-10/h3-7H,2,8H2,1H3. The van der Waals surface area contributed by atoms with Crippen LogP contribution in [-0.2, 0) is 13.0 Å². The molecule has 0 aliphatic carbocycles. The van der Waals surface area contributed by atoms with Gasteiger partial charge in [0.1, 0.15) is 11.3 Å². The van der Waals surface area contributed by atoms with Gasteiger partial charge in [0.2, 0.25) is 0 Å². The van der Waals surface area contributed by atoms with Gasteiger partial charge in [-0.3, -0.25) is 0 Å². The summed E-state index contributed by atoms with van der Waals surface area (Å²) in [4.78, 5) is 15.3. The van der Waals surface area contributed by atoms with E-state index in [9.17, 15) is 4.79 Å². The first kappa shape index (κ1) is 12.4. The zero-order valence-corrected chi connectivity index (χ0v) is 10.8. The van der Waals surface area contributed by atoms with Crippen LogP contribution in [0, 0.1) is 0 Å². The molecular weight excluding hydrogens is 260 g/mol. The Labute approximate surface area is 114 Å². The number of fused-ring (bicyclic) bond motifs is 1. The smallest absolute Gasteiger partial charge is 0.336 e. The molecule has 0 fully saturated rings. The summed E-state index contributed by atoms with van der Waals surface area (Å²) >= 11 is 0. The third-order valence-corrected chi connectivity index (χ3v) is 2.78. The first-order chi connectivity index (χ1) is 9.74. The van der Waals surface area contributed by atoms with Crippen molar-refractivity contribution in [3.05, 3.63) is 52.5 Å². The largest absolute Gasteiger partial charge is 0.484 e. The lowest BCUT2D eigenvalue weighted by Crippen LogP contribution is -1.97. The maximum atomic E-state index is 11.2. The summed E-state index contributed by atoms with van der Waals surface area (Å²) in [7, 11) is 0. The SMILES string of the molecule is CCc1noc(COc2ccc3ccc(=O)oc3c2)n1. The monoisotopic (exact) mass is 272 g/mol. The van der Waals surface area contributed by atoms with Crippen LogP contribution in [-0.4, -0.2) is 10.1 Å². The normalized spacial score (nSPS) is 10.8. The van der Waals surface area contributed by atoms with Crippen molar-refractivity contribution in [1.29, 1.82) is 0 Å². The number of aromatic nitrogens is 2. The molecule has 3 rings (SSSR count). The molecule has 6 nitrogen and oxygen atoms in total. The van der Waals surface area contributed by atoms with Gasteiger partial charge in [0, 0.05) is 23.9 Å². The highest BCUT2D eigenvalue weighted by Gasteiger charge is 2.06. The molecule has 0 saturated heterocycles. The van der Waals surface area contributed by atoms with E-state index in [0.29, 0.717) is 29.5 Å². The molecule has 0 saturated carbocycles. The molecule has 20 heavy (non-hydrogen) atoms. The Balaban J connectivity index is 1.78. The maximum absolute atomic E-state index is 11.2. The highest BCUT2D eigenvalue weighted by atomic mass is 16.5.